The number of carbonyl (C=O) groups excluding carboxylic acids is 1. The van der Waals surface area contributed by atoms with Crippen LogP contribution in [0.4, 0.5) is 0 Å². The minimum atomic E-state index is -1.14. The standard InChI is InChI=1S/C15H14N2O4/c1-21-14-11(8-5-9-16-14)13(18)17-12(15(19)20)10-6-3-2-4-7-10/h2-9,12H,1H3,(H,17,18)(H,19,20)/t12-/m0/s1. The van der Waals surface area contributed by atoms with Crippen LogP contribution in [-0.2, 0) is 4.79 Å². The van der Waals surface area contributed by atoms with Gasteiger partial charge in [0.2, 0.25) is 5.88 Å². The largest absolute Gasteiger partial charge is 0.480 e. The van der Waals surface area contributed by atoms with Gasteiger partial charge in [0.05, 0.1) is 7.11 Å². The topological polar surface area (TPSA) is 88.5 Å². The number of hydrogen-bond acceptors (Lipinski definition) is 4. The van der Waals surface area contributed by atoms with E-state index in [0.29, 0.717) is 5.56 Å². The average Bonchev–Trinajstić information content (AvgIpc) is 2.52. The summed E-state index contributed by atoms with van der Waals surface area (Å²) >= 11 is 0. The zero-order chi connectivity index (χ0) is 15.2. The van der Waals surface area contributed by atoms with Crippen molar-refractivity contribution in [3.63, 3.8) is 0 Å². The molecule has 1 heterocycles. The Morgan fingerprint density at radius 1 is 1.19 bits per heavy atom. The van der Waals surface area contributed by atoms with Gasteiger partial charge >= 0.3 is 5.97 Å². The van der Waals surface area contributed by atoms with Crippen molar-refractivity contribution in [1.82, 2.24) is 10.3 Å². The Morgan fingerprint density at radius 3 is 2.52 bits per heavy atom. The van der Waals surface area contributed by atoms with Gasteiger partial charge in [0.25, 0.3) is 5.91 Å². The normalized spacial score (nSPS) is 11.5. The van der Waals surface area contributed by atoms with Crippen LogP contribution in [0.1, 0.15) is 22.0 Å². The van der Waals surface area contributed by atoms with E-state index in [2.05, 4.69) is 10.3 Å². The van der Waals surface area contributed by atoms with Crippen molar-refractivity contribution in [3.8, 4) is 5.88 Å². The number of pyridine rings is 1. The van der Waals surface area contributed by atoms with Gasteiger partial charge in [-0.2, -0.15) is 0 Å². The summed E-state index contributed by atoms with van der Waals surface area (Å²) in [5.41, 5.74) is 0.670. The van der Waals surface area contributed by atoms with Crippen LogP contribution in [0.3, 0.4) is 0 Å². The summed E-state index contributed by atoms with van der Waals surface area (Å²) in [6.07, 6.45) is 1.49. The molecule has 2 N–H and O–H groups in total. The lowest BCUT2D eigenvalue weighted by Gasteiger charge is -2.15. The summed E-state index contributed by atoms with van der Waals surface area (Å²) in [7, 11) is 1.39. The third-order valence-corrected chi connectivity index (χ3v) is 2.86. The van der Waals surface area contributed by atoms with E-state index in [1.807, 2.05) is 0 Å². The molecule has 1 aromatic carbocycles. The predicted molar refractivity (Wildman–Crippen MR) is 75.1 cm³/mol. The van der Waals surface area contributed by atoms with Crippen molar-refractivity contribution >= 4 is 11.9 Å². The first kappa shape index (κ1) is 14.5. The van der Waals surface area contributed by atoms with Crippen LogP contribution in [0.2, 0.25) is 0 Å². The van der Waals surface area contributed by atoms with E-state index in [4.69, 9.17) is 4.74 Å². The van der Waals surface area contributed by atoms with E-state index in [1.165, 1.54) is 19.4 Å². The molecule has 0 radical (unpaired) electrons. The van der Waals surface area contributed by atoms with Crippen molar-refractivity contribution in [2.45, 2.75) is 6.04 Å². The molecule has 0 bridgehead atoms. The fourth-order valence-corrected chi connectivity index (χ4v) is 1.87. The zero-order valence-electron chi connectivity index (χ0n) is 11.3. The van der Waals surface area contributed by atoms with Gasteiger partial charge in [-0.05, 0) is 17.7 Å². The first-order valence-electron chi connectivity index (χ1n) is 6.21. The second-order valence-corrected chi connectivity index (χ2v) is 4.22. The fourth-order valence-electron chi connectivity index (χ4n) is 1.87. The highest BCUT2D eigenvalue weighted by atomic mass is 16.5. The predicted octanol–water partition coefficient (Wildman–Crippen LogP) is 1.65. The number of carboxylic acids is 1. The molecule has 1 amide bonds. The number of aromatic nitrogens is 1. The molecule has 0 saturated heterocycles. The van der Waals surface area contributed by atoms with Crippen LogP contribution in [0.5, 0.6) is 5.88 Å². The molecule has 0 spiro atoms. The molecule has 2 rings (SSSR count). The molecular formula is C15H14N2O4. The summed E-state index contributed by atoms with van der Waals surface area (Å²) in [5, 5.41) is 11.8. The van der Waals surface area contributed by atoms with Gasteiger partial charge in [-0.25, -0.2) is 9.78 Å². The lowest BCUT2D eigenvalue weighted by atomic mass is 10.1. The zero-order valence-corrected chi connectivity index (χ0v) is 11.3. The lowest BCUT2D eigenvalue weighted by molar-refractivity contribution is -0.139. The highest BCUT2D eigenvalue weighted by Gasteiger charge is 2.24. The fraction of sp³-hybridized carbons (Fsp3) is 0.133. The molecular weight excluding hydrogens is 272 g/mol. The quantitative estimate of drug-likeness (QED) is 0.872. The van der Waals surface area contributed by atoms with Gasteiger partial charge in [-0.1, -0.05) is 30.3 Å². The van der Waals surface area contributed by atoms with Crippen LogP contribution >= 0.6 is 0 Å². The lowest BCUT2D eigenvalue weighted by Crippen LogP contribution is -2.34. The molecule has 6 nitrogen and oxygen atoms in total. The Bertz CT molecular complexity index is 643. The van der Waals surface area contributed by atoms with Crippen LogP contribution in [0.25, 0.3) is 0 Å². The monoisotopic (exact) mass is 286 g/mol. The number of aliphatic carboxylic acids is 1. The second-order valence-electron chi connectivity index (χ2n) is 4.22. The first-order chi connectivity index (χ1) is 10.1. The van der Waals surface area contributed by atoms with E-state index < -0.39 is 17.9 Å². The van der Waals surface area contributed by atoms with Crippen LogP contribution in [0, 0.1) is 0 Å². The summed E-state index contributed by atoms with van der Waals surface area (Å²) in [6, 6.07) is 10.4. The highest BCUT2D eigenvalue weighted by Crippen LogP contribution is 2.17. The van der Waals surface area contributed by atoms with Gasteiger partial charge in [0.1, 0.15) is 5.56 Å². The minimum Gasteiger partial charge on any atom is -0.480 e. The Morgan fingerprint density at radius 2 is 1.90 bits per heavy atom. The first-order valence-corrected chi connectivity index (χ1v) is 6.21. The van der Waals surface area contributed by atoms with Gasteiger partial charge < -0.3 is 15.2 Å². The summed E-state index contributed by atoms with van der Waals surface area (Å²) in [6.45, 7) is 0. The van der Waals surface area contributed by atoms with E-state index in [1.54, 1.807) is 36.4 Å². The van der Waals surface area contributed by atoms with Gasteiger partial charge in [-0.15, -0.1) is 0 Å². The molecule has 0 saturated carbocycles. The van der Waals surface area contributed by atoms with E-state index in [9.17, 15) is 14.7 Å². The van der Waals surface area contributed by atoms with Crippen LogP contribution in [-0.4, -0.2) is 29.1 Å². The summed E-state index contributed by atoms with van der Waals surface area (Å²) < 4.78 is 4.99. The second kappa shape index (κ2) is 6.51. The van der Waals surface area contributed by atoms with Crippen molar-refractivity contribution < 1.29 is 19.4 Å². The van der Waals surface area contributed by atoms with E-state index >= 15 is 0 Å². The molecule has 6 heteroatoms. The highest BCUT2D eigenvalue weighted by molar-refractivity contribution is 5.98. The van der Waals surface area contributed by atoms with Gasteiger partial charge in [0, 0.05) is 6.20 Å². The number of rotatable bonds is 5. The number of amides is 1. The molecule has 0 aliphatic heterocycles. The van der Waals surface area contributed by atoms with Crippen molar-refractivity contribution in [2.75, 3.05) is 7.11 Å². The van der Waals surface area contributed by atoms with Crippen LogP contribution < -0.4 is 10.1 Å². The number of carbonyl (C=O) groups is 2. The summed E-state index contributed by atoms with van der Waals surface area (Å²) in [4.78, 5) is 27.5. The molecule has 1 aromatic heterocycles. The van der Waals surface area contributed by atoms with Crippen molar-refractivity contribution in [2.24, 2.45) is 0 Å². The number of carboxylic acid groups (broad SMARTS) is 1. The molecule has 108 valence electrons. The summed E-state index contributed by atoms with van der Waals surface area (Å²) in [5.74, 6) is -1.55. The maximum Gasteiger partial charge on any atom is 0.330 e. The molecule has 0 fully saturated rings. The van der Waals surface area contributed by atoms with Crippen molar-refractivity contribution in [3.05, 3.63) is 59.8 Å². The maximum atomic E-state index is 12.2. The minimum absolute atomic E-state index is 0.146. The third-order valence-electron chi connectivity index (χ3n) is 2.86. The number of nitrogens with zero attached hydrogens (tertiary/aromatic N) is 1. The molecule has 0 aliphatic rings. The number of ether oxygens (including phenoxy) is 1. The molecule has 0 unspecified atom stereocenters. The van der Waals surface area contributed by atoms with Gasteiger partial charge in [-0.3, -0.25) is 4.79 Å². The number of nitrogens with one attached hydrogen (secondary N) is 1. The Hall–Kier alpha value is -2.89. The molecule has 2 aromatic rings. The number of benzene rings is 1. The Balaban J connectivity index is 2.25. The average molecular weight is 286 g/mol. The number of hydrogen-bond donors (Lipinski definition) is 2. The molecule has 1 atom stereocenters. The Labute approximate surface area is 121 Å². The van der Waals surface area contributed by atoms with Crippen LogP contribution in [0.15, 0.2) is 48.7 Å². The van der Waals surface area contributed by atoms with E-state index in [0.717, 1.165) is 0 Å². The SMILES string of the molecule is COc1ncccc1C(=O)N[C@H](C(=O)O)c1ccccc1. The smallest absolute Gasteiger partial charge is 0.330 e. The van der Waals surface area contributed by atoms with E-state index in [-0.39, 0.29) is 11.4 Å². The van der Waals surface area contributed by atoms with Crippen molar-refractivity contribution in [1.29, 1.82) is 0 Å². The van der Waals surface area contributed by atoms with Gasteiger partial charge in [0.15, 0.2) is 6.04 Å². The molecule has 21 heavy (non-hydrogen) atoms. The maximum absolute atomic E-state index is 12.2. The third kappa shape index (κ3) is 3.36. The number of methoxy groups -OCH3 is 1. The molecule has 0 aliphatic carbocycles. The Kier molecular flexibility index (Phi) is 4.50.